The summed E-state index contributed by atoms with van der Waals surface area (Å²) in [5.41, 5.74) is 2.45. The molecule has 0 spiro atoms. The highest BCUT2D eigenvalue weighted by molar-refractivity contribution is 9.10. The molecule has 12 heteroatoms. The second-order valence-corrected chi connectivity index (χ2v) is 13.4. The number of carbonyl (C=O) groups excluding carboxylic acids is 3. The van der Waals surface area contributed by atoms with Crippen molar-refractivity contribution in [2.45, 2.75) is 36.6 Å². The first-order valence-corrected chi connectivity index (χ1v) is 16.5. The number of fused-ring (bicyclic) bond motifs is 2. The summed E-state index contributed by atoms with van der Waals surface area (Å²) in [5, 5.41) is -0.121. The van der Waals surface area contributed by atoms with Crippen LogP contribution in [0.25, 0.3) is 0 Å². The number of amides is 3. The number of thioether (sulfide) groups is 1. The molecule has 0 radical (unpaired) electrons. The van der Waals surface area contributed by atoms with Gasteiger partial charge in [-0.05, 0) is 55.8 Å². The number of nitrogens with zero attached hydrogens (tertiary/aromatic N) is 4. The van der Waals surface area contributed by atoms with E-state index >= 15 is 0 Å². The summed E-state index contributed by atoms with van der Waals surface area (Å²) in [7, 11) is 0. The molecule has 2 saturated heterocycles. The molecule has 2 aromatic carbocycles. The maximum atomic E-state index is 14.1. The minimum absolute atomic E-state index is 0.110. The van der Waals surface area contributed by atoms with Gasteiger partial charge in [-0.2, -0.15) is 0 Å². The fraction of sp³-hybridized carbons (Fsp3) is 0.400. The summed E-state index contributed by atoms with van der Waals surface area (Å²) in [5.74, 6) is -1.92. The zero-order valence-electron chi connectivity index (χ0n) is 23.3. The molecule has 0 bridgehead atoms. The van der Waals surface area contributed by atoms with Crippen LogP contribution in [0.1, 0.15) is 30.2 Å². The Labute approximate surface area is 260 Å². The lowest BCUT2D eigenvalue weighted by atomic mass is 9.83. The van der Waals surface area contributed by atoms with Gasteiger partial charge in [0, 0.05) is 47.1 Å². The Bertz CT molecular complexity index is 1560. The number of thiazole rings is 1. The Balaban J connectivity index is 1.43. The number of halogens is 1. The topological polar surface area (TPSA) is 92.2 Å². The minimum Gasteiger partial charge on any atom is -0.378 e. The smallest absolute Gasteiger partial charge is 0.308 e. The molecule has 1 aromatic heterocycles. The van der Waals surface area contributed by atoms with Crippen molar-refractivity contribution in [2.75, 3.05) is 49.2 Å². The highest BCUT2D eigenvalue weighted by Gasteiger charge is 2.56. The van der Waals surface area contributed by atoms with Crippen molar-refractivity contribution < 1.29 is 19.1 Å². The van der Waals surface area contributed by atoms with Crippen LogP contribution < -0.4 is 14.7 Å². The van der Waals surface area contributed by atoms with Crippen LogP contribution in [-0.2, 0) is 25.7 Å². The van der Waals surface area contributed by atoms with Crippen molar-refractivity contribution in [3.05, 3.63) is 73.1 Å². The Morgan fingerprint density at radius 1 is 0.976 bits per heavy atom. The zero-order chi connectivity index (χ0) is 29.5. The molecule has 42 heavy (non-hydrogen) atoms. The van der Waals surface area contributed by atoms with E-state index in [1.165, 1.54) is 21.2 Å². The van der Waals surface area contributed by atoms with E-state index in [1.54, 1.807) is 29.2 Å². The van der Waals surface area contributed by atoms with E-state index in [-0.39, 0.29) is 29.1 Å². The highest BCUT2D eigenvalue weighted by atomic mass is 79.9. The summed E-state index contributed by atoms with van der Waals surface area (Å²) < 4.78 is 7.72. The quantitative estimate of drug-likeness (QED) is 0.349. The van der Waals surface area contributed by atoms with Crippen LogP contribution in [-0.4, -0.2) is 71.8 Å². The number of morpholine rings is 1. The first-order chi connectivity index (χ1) is 20.3. The van der Waals surface area contributed by atoms with Gasteiger partial charge in [0.15, 0.2) is 0 Å². The van der Waals surface area contributed by atoms with E-state index in [0.717, 1.165) is 45.0 Å². The summed E-state index contributed by atoms with van der Waals surface area (Å²) in [6, 6.07) is 15.2. The van der Waals surface area contributed by atoms with Gasteiger partial charge < -0.3 is 14.5 Å². The van der Waals surface area contributed by atoms with Crippen LogP contribution in [0.3, 0.4) is 0 Å². The summed E-state index contributed by atoms with van der Waals surface area (Å²) in [6.45, 7) is 7.71. The lowest BCUT2D eigenvalue weighted by Gasteiger charge is -2.31. The Morgan fingerprint density at radius 3 is 2.29 bits per heavy atom. The average molecular weight is 672 g/mol. The average Bonchev–Trinajstić information content (AvgIpc) is 3.45. The van der Waals surface area contributed by atoms with E-state index in [0.29, 0.717) is 37.0 Å². The number of aromatic nitrogens is 1. The van der Waals surface area contributed by atoms with Crippen molar-refractivity contribution in [1.82, 2.24) is 9.47 Å². The lowest BCUT2D eigenvalue weighted by molar-refractivity contribution is -0.136. The predicted octanol–water partition coefficient (Wildman–Crippen LogP) is 4.17. The fourth-order valence-corrected chi connectivity index (χ4v) is 9.03. The van der Waals surface area contributed by atoms with Crippen molar-refractivity contribution in [1.29, 1.82) is 0 Å². The fourth-order valence-electron chi connectivity index (χ4n) is 5.99. The Hall–Kier alpha value is -2.93. The Kier molecular flexibility index (Phi) is 8.32. The maximum absolute atomic E-state index is 14.1. The largest absolute Gasteiger partial charge is 0.378 e. The van der Waals surface area contributed by atoms with Gasteiger partial charge in [-0.15, -0.1) is 0 Å². The third kappa shape index (κ3) is 5.12. The molecule has 2 fully saturated rings. The minimum atomic E-state index is -0.722. The molecule has 3 amide bonds. The molecule has 9 nitrogen and oxygen atoms in total. The Morgan fingerprint density at radius 2 is 1.64 bits per heavy atom. The molecule has 4 heterocycles. The van der Waals surface area contributed by atoms with Gasteiger partial charge in [-0.25, -0.2) is 4.90 Å². The molecule has 3 aliphatic heterocycles. The van der Waals surface area contributed by atoms with Gasteiger partial charge in [0.05, 0.1) is 29.8 Å². The monoisotopic (exact) mass is 670 g/mol. The summed E-state index contributed by atoms with van der Waals surface area (Å²) >= 11 is 5.73. The van der Waals surface area contributed by atoms with Crippen LogP contribution in [0.15, 0.2) is 62.8 Å². The number of hydrogen-bond donors (Lipinski definition) is 0. The first kappa shape index (κ1) is 29.2. The molecule has 3 aliphatic rings. The number of anilines is 2. The van der Waals surface area contributed by atoms with E-state index in [1.807, 2.05) is 24.3 Å². The van der Waals surface area contributed by atoms with Crippen LogP contribution in [0.2, 0.25) is 0 Å². The number of carbonyl (C=O) groups is 3. The van der Waals surface area contributed by atoms with Crippen molar-refractivity contribution in [2.24, 2.45) is 5.92 Å². The molecule has 0 aliphatic carbocycles. The molecule has 0 N–H and O–H groups in total. The number of rotatable bonds is 7. The summed E-state index contributed by atoms with van der Waals surface area (Å²) in [4.78, 5) is 60.3. The maximum Gasteiger partial charge on any atom is 0.308 e. The van der Waals surface area contributed by atoms with E-state index in [2.05, 4.69) is 34.7 Å². The first-order valence-electron chi connectivity index (χ1n) is 14.1. The van der Waals surface area contributed by atoms with Gasteiger partial charge in [0.2, 0.25) is 17.7 Å². The zero-order valence-corrected chi connectivity index (χ0v) is 26.5. The standard InChI is InChI=1S/C30H31BrN4O5S2/c1-3-32(4-2)20-9-5-18(6-10-20)23-24-25(28(38)35(27(24)37)21-11-7-19(31)8-12-21)41-29-26(23)42-30(39)34(29)17-22(36)33-13-15-40-16-14-33/h5-12,23-25H,3-4,13-17H2,1-2H3/t23-,24-,25+/m0/s1. The molecule has 0 unspecified atom stereocenters. The second kappa shape index (κ2) is 12.0. The van der Waals surface area contributed by atoms with E-state index in [4.69, 9.17) is 4.74 Å². The number of benzene rings is 2. The molecular formula is C30H31BrN4O5S2. The molecular weight excluding hydrogens is 640 g/mol. The molecule has 3 aromatic rings. The van der Waals surface area contributed by atoms with E-state index in [9.17, 15) is 19.2 Å². The molecule has 6 rings (SSSR count). The summed E-state index contributed by atoms with van der Waals surface area (Å²) in [6.07, 6.45) is 0. The number of ether oxygens (including phenoxy) is 1. The molecule has 220 valence electrons. The molecule has 0 saturated carbocycles. The third-order valence-electron chi connectivity index (χ3n) is 8.17. The lowest BCUT2D eigenvalue weighted by Crippen LogP contribution is -2.43. The normalized spacial score (nSPS) is 21.8. The van der Waals surface area contributed by atoms with Crippen LogP contribution in [0, 0.1) is 5.92 Å². The van der Waals surface area contributed by atoms with Crippen molar-refractivity contribution >= 4 is 68.1 Å². The molecule has 3 atom stereocenters. The van der Waals surface area contributed by atoms with Gasteiger partial charge in [-0.3, -0.25) is 23.7 Å². The second-order valence-electron chi connectivity index (χ2n) is 10.4. The van der Waals surface area contributed by atoms with Crippen LogP contribution >= 0.6 is 39.0 Å². The predicted molar refractivity (Wildman–Crippen MR) is 168 cm³/mol. The van der Waals surface area contributed by atoms with Gasteiger partial charge in [0.1, 0.15) is 11.8 Å². The van der Waals surface area contributed by atoms with Crippen LogP contribution in [0.4, 0.5) is 11.4 Å². The number of hydrogen-bond acceptors (Lipinski definition) is 8. The SMILES string of the molecule is CCN(CC)c1ccc([C@@H]2c3sc(=O)n(CC(=O)N4CCOCC4)c3S[C@H]3C(=O)N(c4ccc(Br)cc4)C(=O)[C@@H]23)cc1. The van der Waals surface area contributed by atoms with Crippen molar-refractivity contribution in [3.63, 3.8) is 0 Å². The van der Waals surface area contributed by atoms with Gasteiger partial charge >= 0.3 is 4.87 Å². The van der Waals surface area contributed by atoms with Crippen molar-refractivity contribution in [3.8, 4) is 0 Å². The van der Waals surface area contributed by atoms with Crippen LogP contribution in [0.5, 0.6) is 0 Å². The van der Waals surface area contributed by atoms with Gasteiger partial charge in [0.25, 0.3) is 0 Å². The third-order valence-corrected chi connectivity index (χ3v) is 11.3. The highest BCUT2D eigenvalue weighted by Crippen LogP contribution is 2.54. The number of imide groups is 1. The van der Waals surface area contributed by atoms with Gasteiger partial charge in [-0.1, -0.05) is 51.2 Å². The van der Waals surface area contributed by atoms with E-state index < -0.39 is 17.1 Å².